The van der Waals surface area contributed by atoms with Gasteiger partial charge in [-0.3, -0.25) is 4.79 Å². The molecule has 3 N–H and O–H groups in total. The lowest BCUT2D eigenvalue weighted by Crippen LogP contribution is -2.45. The number of benzene rings is 2. The quantitative estimate of drug-likeness (QED) is 0.445. The summed E-state index contributed by atoms with van der Waals surface area (Å²) in [5.74, 6) is -0.424. The van der Waals surface area contributed by atoms with Crippen molar-refractivity contribution >= 4 is 20.4 Å². The monoisotopic (exact) mass is 440 g/mol. The zero-order chi connectivity index (χ0) is 22.4. The molecule has 3 rings (SSSR count). The van der Waals surface area contributed by atoms with Gasteiger partial charge in [-0.05, 0) is 67.7 Å². The predicted molar refractivity (Wildman–Crippen MR) is 124 cm³/mol. The normalized spacial score (nSPS) is 13.8. The third kappa shape index (κ3) is 5.95. The van der Waals surface area contributed by atoms with Gasteiger partial charge in [0.05, 0.1) is 0 Å². The van der Waals surface area contributed by atoms with E-state index in [1.807, 2.05) is 43.9 Å². The molecule has 0 aliphatic heterocycles. The Morgan fingerprint density at radius 2 is 1.58 bits per heavy atom. The molecule has 0 heterocycles. The molecule has 1 aliphatic carbocycles. The number of rotatable bonds is 9. The number of carbonyl (C=O) groups is 2. The smallest absolute Gasteiger partial charge is 0.407 e. The number of ether oxygens (including phenoxy) is 1. The highest BCUT2D eigenvalue weighted by Crippen LogP contribution is 2.44. The van der Waals surface area contributed by atoms with Crippen molar-refractivity contribution in [1.29, 1.82) is 0 Å². The number of hydrogen-bond donors (Lipinski definition) is 2. The number of amides is 1. The molecule has 0 saturated carbocycles. The second kappa shape index (κ2) is 10.1. The van der Waals surface area contributed by atoms with Gasteiger partial charge in [-0.15, -0.1) is 0 Å². The van der Waals surface area contributed by atoms with Gasteiger partial charge in [0.15, 0.2) is 0 Å². The summed E-state index contributed by atoms with van der Waals surface area (Å²) in [4.78, 5) is 25.2. The van der Waals surface area contributed by atoms with Gasteiger partial charge in [0.1, 0.15) is 12.6 Å². The van der Waals surface area contributed by atoms with Crippen molar-refractivity contribution in [3.63, 3.8) is 0 Å². The summed E-state index contributed by atoms with van der Waals surface area (Å²) in [5.41, 5.74) is 10.2. The van der Waals surface area contributed by atoms with Crippen molar-refractivity contribution < 1.29 is 18.8 Å². The Kier molecular flexibility index (Phi) is 7.51. The second-order valence-electron chi connectivity index (χ2n) is 8.84. The van der Waals surface area contributed by atoms with Crippen molar-refractivity contribution in [2.24, 2.45) is 5.73 Å². The fraction of sp³-hybridized carbons (Fsp3) is 0.417. The van der Waals surface area contributed by atoms with Crippen LogP contribution >= 0.6 is 0 Å². The number of nitrogens with one attached hydrogen (secondary N) is 1. The van der Waals surface area contributed by atoms with E-state index in [-0.39, 0.29) is 12.5 Å². The van der Waals surface area contributed by atoms with Crippen molar-refractivity contribution in [3.8, 4) is 11.1 Å². The summed E-state index contributed by atoms with van der Waals surface area (Å²) in [7, 11) is -2.07. The zero-order valence-electron chi connectivity index (χ0n) is 18.5. The van der Waals surface area contributed by atoms with E-state index in [4.69, 9.17) is 14.9 Å². The highest BCUT2D eigenvalue weighted by Gasteiger charge is 2.31. The molecule has 0 bridgehead atoms. The molecule has 2 aromatic carbocycles. The molecule has 0 aromatic heterocycles. The third-order valence-corrected chi connectivity index (χ3v) is 6.09. The standard InChI is InChI=1S/C24H32N2O4Si/c1-31(2,3)30-23(27)22(14-8-9-15-25)26-24(28)29-16-21-19-12-6-4-10-17(19)18-11-5-7-13-20(18)21/h4-7,10-13,21-22H,8-9,14-16,25H2,1-3H3,(H,26,28)/t22-/m0/s1. The van der Waals surface area contributed by atoms with Crippen molar-refractivity contribution in [3.05, 3.63) is 59.7 Å². The maximum absolute atomic E-state index is 12.6. The van der Waals surface area contributed by atoms with Gasteiger partial charge in [0.25, 0.3) is 0 Å². The largest absolute Gasteiger partial charge is 0.518 e. The minimum atomic E-state index is -2.07. The fourth-order valence-electron chi connectivity index (χ4n) is 3.90. The first-order valence-corrected chi connectivity index (χ1v) is 14.3. The molecule has 0 spiro atoms. The lowest BCUT2D eigenvalue weighted by atomic mass is 9.98. The Morgan fingerprint density at radius 3 is 2.13 bits per heavy atom. The molecule has 1 aliphatic rings. The van der Waals surface area contributed by atoms with Crippen LogP contribution in [0.15, 0.2) is 48.5 Å². The molecular formula is C24H32N2O4Si. The van der Waals surface area contributed by atoms with E-state index >= 15 is 0 Å². The Labute approximate surface area is 185 Å². The molecule has 2 aromatic rings. The van der Waals surface area contributed by atoms with E-state index in [2.05, 4.69) is 29.6 Å². The zero-order valence-corrected chi connectivity index (χ0v) is 19.5. The number of alkyl carbamates (subject to hydrolysis) is 1. The van der Waals surface area contributed by atoms with Crippen molar-refractivity contribution in [2.45, 2.75) is 50.9 Å². The summed E-state index contributed by atoms with van der Waals surface area (Å²) in [6.45, 7) is 6.57. The molecule has 7 heteroatoms. The molecule has 0 fully saturated rings. The van der Waals surface area contributed by atoms with Crippen LogP contribution in [0.4, 0.5) is 4.79 Å². The van der Waals surface area contributed by atoms with Crippen LogP contribution in [-0.4, -0.2) is 39.6 Å². The molecule has 1 amide bonds. The molecule has 31 heavy (non-hydrogen) atoms. The number of hydrogen-bond acceptors (Lipinski definition) is 5. The lowest BCUT2D eigenvalue weighted by molar-refractivity contribution is -0.137. The van der Waals surface area contributed by atoms with E-state index in [0.29, 0.717) is 13.0 Å². The van der Waals surface area contributed by atoms with Gasteiger partial charge in [-0.2, -0.15) is 0 Å². The van der Waals surface area contributed by atoms with Crippen LogP contribution in [0.2, 0.25) is 19.6 Å². The van der Waals surface area contributed by atoms with Gasteiger partial charge >= 0.3 is 12.1 Å². The van der Waals surface area contributed by atoms with E-state index < -0.39 is 26.4 Å². The van der Waals surface area contributed by atoms with E-state index in [0.717, 1.165) is 24.0 Å². The van der Waals surface area contributed by atoms with Crippen LogP contribution in [0.1, 0.15) is 36.3 Å². The Bertz CT molecular complexity index is 880. The Morgan fingerprint density at radius 1 is 1.00 bits per heavy atom. The van der Waals surface area contributed by atoms with Gasteiger partial charge in [0, 0.05) is 5.92 Å². The number of carbonyl (C=O) groups excluding carboxylic acids is 2. The van der Waals surface area contributed by atoms with Crippen LogP contribution in [-0.2, 0) is 14.0 Å². The van der Waals surface area contributed by atoms with E-state index in [9.17, 15) is 9.59 Å². The Hall–Kier alpha value is -2.64. The maximum atomic E-state index is 12.6. The minimum absolute atomic E-state index is 0.0252. The molecule has 0 saturated heterocycles. The van der Waals surface area contributed by atoms with Crippen LogP contribution < -0.4 is 11.1 Å². The van der Waals surface area contributed by atoms with E-state index in [1.165, 1.54) is 11.1 Å². The number of fused-ring (bicyclic) bond motifs is 3. The lowest BCUT2D eigenvalue weighted by Gasteiger charge is -2.23. The summed E-state index contributed by atoms with van der Waals surface area (Å²) >= 11 is 0. The van der Waals surface area contributed by atoms with Gasteiger partial charge < -0.3 is 20.2 Å². The third-order valence-electron chi connectivity index (χ3n) is 5.27. The average molecular weight is 441 g/mol. The number of nitrogens with two attached hydrogens (primary N) is 1. The molecule has 0 radical (unpaired) electrons. The van der Waals surface area contributed by atoms with Crippen LogP contribution in [0.25, 0.3) is 11.1 Å². The van der Waals surface area contributed by atoms with Crippen LogP contribution in [0, 0.1) is 0 Å². The summed E-state index contributed by atoms with van der Waals surface area (Å²) < 4.78 is 11.2. The van der Waals surface area contributed by atoms with Crippen LogP contribution in [0.5, 0.6) is 0 Å². The van der Waals surface area contributed by atoms with Gasteiger partial charge in [-0.1, -0.05) is 48.5 Å². The first kappa shape index (κ1) is 23.0. The average Bonchev–Trinajstić information content (AvgIpc) is 3.04. The fourth-order valence-corrected chi connectivity index (χ4v) is 4.64. The second-order valence-corrected chi connectivity index (χ2v) is 13.3. The highest BCUT2D eigenvalue weighted by molar-refractivity contribution is 6.71. The molecule has 1 atom stereocenters. The van der Waals surface area contributed by atoms with Crippen molar-refractivity contribution in [1.82, 2.24) is 5.32 Å². The van der Waals surface area contributed by atoms with Gasteiger partial charge in [0.2, 0.25) is 8.32 Å². The minimum Gasteiger partial charge on any atom is -0.518 e. The first-order chi connectivity index (χ1) is 14.8. The van der Waals surface area contributed by atoms with Crippen molar-refractivity contribution in [2.75, 3.05) is 13.2 Å². The summed E-state index contributed by atoms with van der Waals surface area (Å²) in [6.07, 6.45) is 1.38. The summed E-state index contributed by atoms with van der Waals surface area (Å²) in [5, 5.41) is 2.72. The SMILES string of the molecule is C[Si](C)(C)OC(=O)[C@H](CCCCN)NC(=O)OCC1c2ccccc2-c2ccccc21. The molecule has 0 unspecified atom stereocenters. The predicted octanol–water partition coefficient (Wildman–Crippen LogP) is 4.40. The summed E-state index contributed by atoms with van der Waals surface area (Å²) in [6, 6.07) is 15.6. The molecule has 6 nitrogen and oxygen atoms in total. The van der Waals surface area contributed by atoms with Crippen LogP contribution in [0.3, 0.4) is 0 Å². The Balaban J connectivity index is 1.65. The maximum Gasteiger partial charge on any atom is 0.407 e. The first-order valence-electron chi connectivity index (χ1n) is 10.8. The molecular weight excluding hydrogens is 408 g/mol. The van der Waals surface area contributed by atoms with E-state index in [1.54, 1.807) is 0 Å². The number of unbranched alkanes of at least 4 members (excludes halogenated alkanes) is 1. The highest BCUT2D eigenvalue weighted by atomic mass is 28.4. The topological polar surface area (TPSA) is 90.6 Å². The molecule has 166 valence electrons. The van der Waals surface area contributed by atoms with Gasteiger partial charge in [-0.25, -0.2) is 4.79 Å².